The second-order valence-corrected chi connectivity index (χ2v) is 8.14. The summed E-state index contributed by atoms with van der Waals surface area (Å²) in [5, 5.41) is 11.8. The van der Waals surface area contributed by atoms with Crippen molar-refractivity contribution in [3.8, 4) is 6.07 Å². The Kier molecular flexibility index (Phi) is 5.66. The first-order chi connectivity index (χ1) is 11.2. The van der Waals surface area contributed by atoms with E-state index in [1.165, 1.54) is 21.8 Å². The highest BCUT2D eigenvalue weighted by Crippen LogP contribution is 2.32. The molecule has 1 aliphatic carbocycles. The average Bonchev–Trinajstić information content (AvgIpc) is 2.95. The fraction of sp³-hybridized carbons (Fsp3) is 0.611. The summed E-state index contributed by atoms with van der Waals surface area (Å²) < 4.78 is 5.11. The lowest BCUT2D eigenvalue weighted by Gasteiger charge is -2.27. The molecule has 0 saturated carbocycles. The van der Waals surface area contributed by atoms with E-state index in [9.17, 15) is 14.9 Å². The van der Waals surface area contributed by atoms with Crippen LogP contribution in [0.4, 0.5) is 0 Å². The Balaban J connectivity index is 1.92. The van der Waals surface area contributed by atoms with Gasteiger partial charge in [0.2, 0.25) is 0 Å². The van der Waals surface area contributed by atoms with Crippen LogP contribution in [0.5, 0.6) is 0 Å². The van der Waals surface area contributed by atoms with Crippen molar-refractivity contribution < 1.29 is 14.3 Å². The van der Waals surface area contributed by atoms with Gasteiger partial charge >= 0.3 is 5.97 Å². The highest BCUT2D eigenvalue weighted by atomic mass is 32.1. The summed E-state index contributed by atoms with van der Waals surface area (Å²) in [6.45, 7) is 7.21. The molecule has 0 radical (unpaired) electrons. The summed E-state index contributed by atoms with van der Waals surface area (Å²) in [6.07, 6.45) is 3.14. The molecule has 24 heavy (non-hydrogen) atoms. The molecule has 1 aromatic rings. The van der Waals surface area contributed by atoms with Crippen LogP contribution in [0.2, 0.25) is 0 Å². The van der Waals surface area contributed by atoms with Crippen molar-refractivity contribution in [2.24, 2.45) is 11.8 Å². The Labute approximate surface area is 147 Å². The topological polar surface area (TPSA) is 79.2 Å². The first-order valence-electron chi connectivity index (χ1n) is 8.26. The summed E-state index contributed by atoms with van der Waals surface area (Å²) in [5.74, 6) is -0.342. The maximum Gasteiger partial charge on any atom is 0.348 e. The van der Waals surface area contributed by atoms with E-state index in [-0.39, 0.29) is 12.5 Å². The molecule has 0 bridgehead atoms. The second kappa shape index (κ2) is 7.35. The molecule has 0 aliphatic heterocycles. The zero-order valence-electron chi connectivity index (χ0n) is 14.6. The van der Waals surface area contributed by atoms with E-state index in [2.05, 4.69) is 18.3 Å². The number of amides is 1. The number of ether oxygens (including phenoxy) is 1. The average molecular weight is 348 g/mol. The van der Waals surface area contributed by atoms with E-state index in [0.717, 1.165) is 19.3 Å². The number of aryl methyl sites for hydroxylation is 1. The van der Waals surface area contributed by atoms with E-state index in [4.69, 9.17) is 4.74 Å². The van der Waals surface area contributed by atoms with Crippen molar-refractivity contribution in [2.45, 2.75) is 52.5 Å². The monoisotopic (exact) mass is 348 g/mol. The highest BCUT2D eigenvalue weighted by Gasteiger charge is 2.30. The number of thiophene rings is 1. The fourth-order valence-corrected chi connectivity index (χ4v) is 3.74. The zero-order valence-corrected chi connectivity index (χ0v) is 15.5. The standard InChI is InChI=1S/C18H24N2O3S/c1-11(2)18(4,10-19)20-16(21)9-23-17(22)15-8-13-7-12(3)5-6-14(13)24-15/h8,11-12H,5-7,9H2,1-4H3,(H,20,21)/t12-,18-/m1/s1. The lowest BCUT2D eigenvalue weighted by atomic mass is 9.90. The number of nitriles is 1. The maximum atomic E-state index is 12.2. The summed E-state index contributed by atoms with van der Waals surface area (Å²) in [5.41, 5.74) is 0.258. The fourth-order valence-electron chi connectivity index (χ4n) is 2.64. The van der Waals surface area contributed by atoms with Crippen molar-refractivity contribution in [2.75, 3.05) is 6.61 Å². The van der Waals surface area contributed by atoms with Gasteiger partial charge in [-0.05, 0) is 49.7 Å². The van der Waals surface area contributed by atoms with Gasteiger partial charge in [0.05, 0.1) is 6.07 Å². The molecule has 2 rings (SSSR count). The molecular weight excluding hydrogens is 324 g/mol. The van der Waals surface area contributed by atoms with Crippen LogP contribution in [-0.2, 0) is 22.4 Å². The number of hydrogen-bond donors (Lipinski definition) is 1. The number of carbonyl (C=O) groups excluding carboxylic acids is 2. The number of rotatable bonds is 5. The van der Waals surface area contributed by atoms with Crippen LogP contribution in [0.25, 0.3) is 0 Å². The molecule has 130 valence electrons. The number of hydrogen-bond acceptors (Lipinski definition) is 5. The molecule has 1 N–H and O–H groups in total. The molecule has 1 amide bonds. The van der Waals surface area contributed by atoms with E-state index in [1.54, 1.807) is 6.92 Å². The highest BCUT2D eigenvalue weighted by molar-refractivity contribution is 7.14. The number of carbonyl (C=O) groups is 2. The first-order valence-corrected chi connectivity index (χ1v) is 9.07. The minimum Gasteiger partial charge on any atom is -0.451 e. The van der Waals surface area contributed by atoms with Gasteiger partial charge in [0.25, 0.3) is 5.91 Å². The zero-order chi connectivity index (χ0) is 17.9. The van der Waals surface area contributed by atoms with Gasteiger partial charge in [-0.1, -0.05) is 20.8 Å². The summed E-state index contributed by atoms with van der Waals surface area (Å²) >= 11 is 1.46. The van der Waals surface area contributed by atoms with Crippen molar-refractivity contribution >= 4 is 23.2 Å². The molecule has 1 aliphatic rings. The number of fused-ring (bicyclic) bond motifs is 1. The molecule has 1 heterocycles. The van der Waals surface area contributed by atoms with Gasteiger partial charge in [0.1, 0.15) is 10.4 Å². The molecule has 5 nitrogen and oxygen atoms in total. The Hall–Kier alpha value is -1.87. The Morgan fingerprint density at radius 3 is 2.88 bits per heavy atom. The molecule has 0 saturated heterocycles. The third kappa shape index (κ3) is 4.15. The Bertz CT molecular complexity index is 674. The van der Waals surface area contributed by atoms with Gasteiger partial charge in [-0.2, -0.15) is 5.26 Å². The van der Waals surface area contributed by atoms with Crippen LogP contribution < -0.4 is 5.32 Å². The summed E-state index contributed by atoms with van der Waals surface area (Å²) in [4.78, 5) is 25.9. The van der Waals surface area contributed by atoms with E-state index < -0.39 is 17.4 Å². The smallest absolute Gasteiger partial charge is 0.348 e. The van der Waals surface area contributed by atoms with Crippen LogP contribution in [0, 0.1) is 23.2 Å². The molecule has 1 aromatic heterocycles. The van der Waals surface area contributed by atoms with Gasteiger partial charge in [-0.15, -0.1) is 11.3 Å². The number of nitrogens with one attached hydrogen (secondary N) is 1. The van der Waals surface area contributed by atoms with Crippen molar-refractivity contribution in [1.82, 2.24) is 5.32 Å². The Morgan fingerprint density at radius 2 is 2.25 bits per heavy atom. The summed E-state index contributed by atoms with van der Waals surface area (Å²) in [6, 6.07) is 3.99. The van der Waals surface area contributed by atoms with E-state index in [0.29, 0.717) is 10.8 Å². The first kappa shape index (κ1) is 18.5. The van der Waals surface area contributed by atoms with Crippen molar-refractivity contribution in [3.63, 3.8) is 0 Å². The van der Waals surface area contributed by atoms with Crippen LogP contribution in [-0.4, -0.2) is 24.0 Å². The normalized spacial score (nSPS) is 19.1. The van der Waals surface area contributed by atoms with Gasteiger partial charge in [0, 0.05) is 4.88 Å². The maximum absolute atomic E-state index is 12.2. The van der Waals surface area contributed by atoms with Crippen LogP contribution >= 0.6 is 11.3 Å². The van der Waals surface area contributed by atoms with E-state index >= 15 is 0 Å². The largest absolute Gasteiger partial charge is 0.451 e. The quantitative estimate of drug-likeness (QED) is 0.829. The molecule has 0 spiro atoms. The third-order valence-corrected chi connectivity index (χ3v) is 5.87. The van der Waals surface area contributed by atoms with E-state index in [1.807, 2.05) is 19.9 Å². The van der Waals surface area contributed by atoms with Gasteiger partial charge in [0.15, 0.2) is 6.61 Å². The minimum absolute atomic E-state index is 0.0480. The lowest BCUT2D eigenvalue weighted by molar-refractivity contribution is -0.125. The van der Waals surface area contributed by atoms with Gasteiger partial charge < -0.3 is 10.1 Å². The Morgan fingerprint density at radius 1 is 1.54 bits per heavy atom. The molecular formula is C18H24N2O3S. The molecule has 6 heteroatoms. The second-order valence-electron chi connectivity index (χ2n) is 7.00. The molecule has 0 fully saturated rings. The molecule has 2 atom stereocenters. The predicted molar refractivity (Wildman–Crippen MR) is 92.8 cm³/mol. The number of nitrogens with zero attached hydrogens (tertiary/aromatic N) is 1. The predicted octanol–water partition coefficient (Wildman–Crippen LogP) is 3.08. The minimum atomic E-state index is -0.971. The van der Waals surface area contributed by atoms with Crippen LogP contribution in [0.15, 0.2) is 6.07 Å². The van der Waals surface area contributed by atoms with Crippen molar-refractivity contribution in [3.05, 3.63) is 21.4 Å². The van der Waals surface area contributed by atoms with Crippen LogP contribution in [0.1, 0.15) is 54.2 Å². The SMILES string of the molecule is CC(C)[C@@](C)(C#N)NC(=O)COC(=O)c1cc2c(s1)CC[C@@H](C)C2. The number of esters is 1. The van der Waals surface area contributed by atoms with Crippen LogP contribution in [0.3, 0.4) is 0 Å². The van der Waals surface area contributed by atoms with Gasteiger partial charge in [-0.3, -0.25) is 4.79 Å². The van der Waals surface area contributed by atoms with Crippen molar-refractivity contribution in [1.29, 1.82) is 5.26 Å². The lowest BCUT2D eigenvalue weighted by Crippen LogP contribution is -2.50. The third-order valence-electron chi connectivity index (χ3n) is 4.65. The molecule has 0 unspecified atom stereocenters. The van der Waals surface area contributed by atoms with Gasteiger partial charge in [-0.25, -0.2) is 4.79 Å². The summed E-state index contributed by atoms with van der Waals surface area (Å²) in [7, 11) is 0. The molecule has 0 aromatic carbocycles.